The second-order valence-electron chi connectivity index (χ2n) is 15.2. The number of carbonyl (C=O) groups excluding carboxylic acids is 2. The molecule has 53 heavy (non-hydrogen) atoms. The van der Waals surface area contributed by atoms with Gasteiger partial charge < -0.3 is 20.3 Å². The third-order valence-corrected chi connectivity index (χ3v) is 13.1. The van der Waals surface area contributed by atoms with E-state index in [0.717, 1.165) is 74.2 Å². The van der Waals surface area contributed by atoms with Crippen molar-refractivity contribution in [1.29, 1.82) is 5.26 Å². The van der Waals surface area contributed by atoms with Crippen LogP contribution in [0.25, 0.3) is 22.3 Å². The smallest absolute Gasteiger partial charge is 0.408 e. The van der Waals surface area contributed by atoms with Crippen molar-refractivity contribution in [2.45, 2.75) is 66.6 Å². The van der Waals surface area contributed by atoms with Gasteiger partial charge in [0.1, 0.15) is 22.3 Å². The molecule has 272 valence electrons. The Hall–Kier alpha value is -4.62. The van der Waals surface area contributed by atoms with Crippen LogP contribution >= 0.6 is 11.8 Å². The molecular weight excluding hydrogens is 679 g/mol. The van der Waals surface area contributed by atoms with Crippen molar-refractivity contribution < 1.29 is 14.3 Å². The molecule has 4 aliphatic rings. The number of benzene rings is 4. The molecule has 1 saturated carbocycles. The fourth-order valence-electron chi connectivity index (χ4n) is 8.42. The monoisotopic (exact) mass is 725 g/mol. The molecule has 2 N–H and O–H groups in total. The third kappa shape index (κ3) is 7.46. The number of ether oxygens (including phenoxy) is 1. The van der Waals surface area contributed by atoms with Gasteiger partial charge in [0.25, 0.3) is 0 Å². The number of nitriles is 1. The van der Waals surface area contributed by atoms with E-state index in [1.807, 2.05) is 24.3 Å². The standard InChI is InChI=1S/C44H47N5O3S/c1-48-23-25-49(26-24-48)28-32-15-19-34(20-16-32)33-17-13-31(14-18-33)27-44(30-45)41(53-44)46-40(50)43(21-7-2-8-22-43)47-42(51)52-29-39-37-11-5-3-9-35(37)36-10-4-6-12-38(36)39/h3-6,9-20,39,41H,2,7-8,21-29H2,1H3,(H,46,50)(H,47,51)/t41?,44-/m0/s1. The molecule has 4 aromatic rings. The third-order valence-electron chi connectivity index (χ3n) is 11.7. The maximum Gasteiger partial charge on any atom is 0.408 e. The first-order chi connectivity index (χ1) is 25.8. The zero-order valence-corrected chi connectivity index (χ0v) is 31.2. The Bertz CT molecular complexity index is 1950. The van der Waals surface area contributed by atoms with Crippen LogP contribution in [-0.4, -0.2) is 77.3 Å². The number of amides is 2. The van der Waals surface area contributed by atoms with Crippen molar-refractivity contribution in [3.8, 4) is 28.3 Å². The summed E-state index contributed by atoms with van der Waals surface area (Å²) in [4.78, 5) is 32.3. The average molecular weight is 726 g/mol. The summed E-state index contributed by atoms with van der Waals surface area (Å²) in [7, 11) is 2.18. The molecule has 0 radical (unpaired) electrons. The second-order valence-corrected chi connectivity index (χ2v) is 16.7. The second kappa shape index (κ2) is 15.0. The molecule has 2 aliphatic heterocycles. The van der Waals surface area contributed by atoms with Gasteiger partial charge in [0.2, 0.25) is 5.91 Å². The number of likely N-dealkylation sites (N-methyl/N-ethyl adjacent to an activating group) is 1. The summed E-state index contributed by atoms with van der Waals surface area (Å²) in [6, 6.07) is 36.2. The van der Waals surface area contributed by atoms with Crippen molar-refractivity contribution in [1.82, 2.24) is 20.4 Å². The lowest BCUT2D eigenvalue weighted by Gasteiger charge is -2.36. The molecule has 0 spiro atoms. The van der Waals surface area contributed by atoms with Gasteiger partial charge in [0.05, 0.1) is 6.07 Å². The molecule has 2 heterocycles. The lowest BCUT2D eigenvalue weighted by Crippen LogP contribution is -2.60. The molecule has 4 aromatic carbocycles. The van der Waals surface area contributed by atoms with Crippen molar-refractivity contribution in [2.24, 2.45) is 0 Å². The van der Waals surface area contributed by atoms with Gasteiger partial charge in [-0.05, 0) is 64.4 Å². The van der Waals surface area contributed by atoms with E-state index < -0.39 is 16.4 Å². The first kappa shape index (κ1) is 35.4. The number of carbonyl (C=O) groups is 2. The fourth-order valence-corrected chi connectivity index (χ4v) is 9.43. The largest absolute Gasteiger partial charge is 0.449 e. The Kier molecular flexibility index (Phi) is 10.0. The quantitative estimate of drug-likeness (QED) is 0.165. The van der Waals surface area contributed by atoms with E-state index in [1.54, 1.807) is 0 Å². The van der Waals surface area contributed by atoms with Gasteiger partial charge in [-0.15, -0.1) is 11.8 Å². The van der Waals surface area contributed by atoms with Gasteiger partial charge in [-0.25, -0.2) is 4.79 Å². The van der Waals surface area contributed by atoms with Gasteiger partial charge in [0, 0.05) is 45.1 Å². The fraction of sp³-hybridized carbons (Fsp3) is 0.386. The predicted molar refractivity (Wildman–Crippen MR) is 210 cm³/mol. The number of alkyl carbamates (subject to hydrolysis) is 1. The highest BCUT2D eigenvalue weighted by Crippen LogP contribution is 2.54. The van der Waals surface area contributed by atoms with E-state index in [4.69, 9.17) is 4.74 Å². The van der Waals surface area contributed by atoms with Crippen molar-refractivity contribution in [2.75, 3.05) is 39.8 Å². The predicted octanol–water partition coefficient (Wildman–Crippen LogP) is 7.34. The van der Waals surface area contributed by atoms with Gasteiger partial charge in [-0.3, -0.25) is 9.69 Å². The van der Waals surface area contributed by atoms with Gasteiger partial charge in [-0.1, -0.05) is 116 Å². The Balaban J connectivity index is 0.871. The van der Waals surface area contributed by atoms with E-state index >= 15 is 0 Å². The molecule has 2 amide bonds. The highest BCUT2D eigenvalue weighted by Gasteiger charge is 2.59. The van der Waals surface area contributed by atoms with Crippen molar-refractivity contribution in [3.05, 3.63) is 119 Å². The zero-order chi connectivity index (χ0) is 36.4. The highest BCUT2D eigenvalue weighted by atomic mass is 32.2. The average Bonchev–Trinajstić information content (AvgIpc) is 3.77. The summed E-state index contributed by atoms with van der Waals surface area (Å²) in [6.45, 7) is 5.60. The molecule has 8 rings (SSSR count). The van der Waals surface area contributed by atoms with Crippen LogP contribution in [0.5, 0.6) is 0 Å². The van der Waals surface area contributed by atoms with E-state index in [0.29, 0.717) is 19.3 Å². The molecule has 2 aliphatic carbocycles. The summed E-state index contributed by atoms with van der Waals surface area (Å²) in [5, 5.41) is 16.1. The number of nitrogens with one attached hydrogen (secondary N) is 2. The maximum absolute atomic E-state index is 14.0. The number of hydrogen-bond acceptors (Lipinski definition) is 7. The molecule has 0 aromatic heterocycles. The topological polar surface area (TPSA) is 97.7 Å². The van der Waals surface area contributed by atoms with Crippen molar-refractivity contribution >= 4 is 23.8 Å². The Morgan fingerprint density at radius 3 is 2.00 bits per heavy atom. The van der Waals surface area contributed by atoms with Gasteiger partial charge in [0.15, 0.2) is 0 Å². The molecule has 3 fully saturated rings. The zero-order valence-electron chi connectivity index (χ0n) is 30.4. The van der Waals surface area contributed by atoms with E-state index in [-0.39, 0.29) is 23.8 Å². The first-order valence-electron chi connectivity index (χ1n) is 19.0. The van der Waals surface area contributed by atoms with Crippen LogP contribution in [0.4, 0.5) is 4.79 Å². The molecule has 2 atom stereocenters. The first-order valence-corrected chi connectivity index (χ1v) is 19.9. The summed E-state index contributed by atoms with van der Waals surface area (Å²) in [6.07, 6.45) is 3.71. The minimum atomic E-state index is -1.06. The molecule has 0 bridgehead atoms. The van der Waals surface area contributed by atoms with Gasteiger partial charge >= 0.3 is 6.09 Å². The van der Waals surface area contributed by atoms with Crippen LogP contribution in [0.1, 0.15) is 60.3 Å². The summed E-state index contributed by atoms with van der Waals surface area (Å²) < 4.78 is 5.12. The van der Waals surface area contributed by atoms with Crippen LogP contribution in [0.15, 0.2) is 97.1 Å². The van der Waals surface area contributed by atoms with E-state index in [1.165, 1.54) is 34.0 Å². The Morgan fingerprint density at radius 2 is 1.40 bits per heavy atom. The normalized spacial score (nSPS) is 22.2. The van der Waals surface area contributed by atoms with Crippen molar-refractivity contribution in [3.63, 3.8) is 0 Å². The molecular formula is C44H47N5O3S. The number of piperazine rings is 1. The molecule has 1 unspecified atom stereocenters. The minimum absolute atomic E-state index is 0.0600. The number of fused-ring (bicyclic) bond motifs is 3. The number of nitrogens with zero attached hydrogens (tertiary/aromatic N) is 3. The maximum atomic E-state index is 14.0. The summed E-state index contributed by atoms with van der Waals surface area (Å²) >= 11 is 1.48. The Morgan fingerprint density at radius 1 is 0.811 bits per heavy atom. The molecule has 9 heteroatoms. The summed E-state index contributed by atoms with van der Waals surface area (Å²) in [5.74, 6) is -0.290. The van der Waals surface area contributed by atoms with Crippen LogP contribution in [0.2, 0.25) is 0 Å². The van der Waals surface area contributed by atoms with Crippen LogP contribution in [0.3, 0.4) is 0 Å². The van der Waals surface area contributed by atoms with Gasteiger partial charge in [-0.2, -0.15) is 5.26 Å². The number of rotatable bonds is 10. The Labute approximate surface area is 316 Å². The van der Waals surface area contributed by atoms with Crippen LogP contribution in [-0.2, 0) is 22.5 Å². The lowest BCUT2D eigenvalue weighted by molar-refractivity contribution is -0.129. The summed E-state index contributed by atoms with van der Waals surface area (Å²) in [5.41, 5.74) is 8.24. The molecule has 2 saturated heterocycles. The molecule has 8 nitrogen and oxygen atoms in total. The number of thioether (sulfide) groups is 1. The SMILES string of the molecule is CN1CCN(Cc2ccc(-c3ccc(C[C@@]4(C#N)SC4NC(=O)C4(NC(=O)OCC5c6ccccc6-c6ccccc65)CCCCC4)cc3)cc2)CC1. The highest BCUT2D eigenvalue weighted by molar-refractivity contribution is 8.09. The van der Waals surface area contributed by atoms with Crippen LogP contribution < -0.4 is 10.6 Å². The van der Waals surface area contributed by atoms with Crippen LogP contribution in [0, 0.1) is 11.3 Å². The lowest BCUT2D eigenvalue weighted by atomic mass is 9.81. The van der Waals surface area contributed by atoms with E-state index in [9.17, 15) is 14.9 Å². The minimum Gasteiger partial charge on any atom is -0.449 e. The van der Waals surface area contributed by atoms with E-state index in [2.05, 4.69) is 106 Å². The number of hydrogen-bond donors (Lipinski definition) is 2.